The minimum Gasteiger partial charge on any atom is -0.441 e. The predicted octanol–water partition coefficient (Wildman–Crippen LogP) is 3.25. The van der Waals surface area contributed by atoms with E-state index in [2.05, 4.69) is 15.2 Å². The largest absolute Gasteiger partial charge is 0.441 e. The second-order valence-corrected chi connectivity index (χ2v) is 7.69. The third kappa shape index (κ3) is 5.79. The Kier molecular flexibility index (Phi) is 7.66. The van der Waals surface area contributed by atoms with Crippen molar-refractivity contribution in [2.75, 3.05) is 33.9 Å². The van der Waals surface area contributed by atoms with Crippen LogP contribution in [-0.4, -0.2) is 55.9 Å². The van der Waals surface area contributed by atoms with Gasteiger partial charge >= 0.3 is 0 Å². The average molecular weight is 422 g/mol. The molecule has 1 saturated heterocycles. The first-order valence-corrected chi connectivity index (χ1v) is 10.2. The Bertz CT molecular complexity index is 805. The first-order valence-electron chi connectivity index (χ1n) is 9.78. The van der Waals surface area contributed by atoms with Gasteiger partial charge in [0.1, 0.15) is 5.76 Å². The average Bonchev–Trinajstić information content (AvgIpc) is 3.09. The molecule has 0 bridgehead atoms. The summed E-state index contributed by atoms with van der Waals surface area (Å²) in [5.41, 5.74) is 1.79. The zero-order valence-corrected chi connectivity index (χ0v) is 17.9. The molecule has 0 aliphatic carbocycles. The number of amides is 1. The van der Waals surface area contributed by atoms with Crippen molar-refractivity contribution in [2.24, 2.45) is 5.92 Å². The minimum absolute atomic E-state index is 0.0347. The number of carbonyl (C=O) groups is 1. The number of nitrogens with zero attached hydrogens (tertiary/aromatic N) is 2. The maximum absolute atomic E-state index is 12.5. The van der Waals surface area contributed by atoms with Crippen LogP contribution >= 0.6 is 11.6 Å². The van der Waals surface area contributed by atoms with Gasteiger partial charge in [0.25, 0.3) is 0 Å². The van der Waals surface area contributed by atoms with E-state index in [0.717, 1.165) is 36.4 Å². The quantitative estimate of drug-likeness (QED) is 0.659. The highest BCUT2D eigenvalue weighted by Crippen LogP contribution is 2.25. The van der Waals surface area contributed by atoms with Crippen LogP contribution < -0.4 is 5.32 Å². The normalized spacial score (nSPS) is 17.6. The predicted molar refractivity (Wildman–Crippen MR) is 111 cm³/mol. The fourth-order valence-electron chi connectivity index (χ4n) is 3.51. The summed E-state index contributed by atoms with van der Waals surface area (Å²) in [6.45, 7) is 4.55. The molecule has 1 N–H and O–H groups in total. The number of hydrogen-bond acceptors (Lipinski definition) is 6. The summed E-state index contributed by atoms with van der Waals surface area (Å²) in [4.78, 5) is 19.5. The summed E-state index contributed by atoms with van der Waals surface area (Å²) in [5.74, 6) is 1.36. The van der Waals surface area contributed by atoms with Crippen molar-refractivity contribution in [1.82, 2.24) is 15.2 Å². The van der Waals surface area contributed by atoms with E-state index >= 15 is 0 Å². The van der Waals surface area contributed by atoms with E-state index in [1.807, 2.05) is 31.2 Å². The molecule has 2 heterocycles. The molecule has 1 aromatic heterocycles. The van der Waals surface area contributed by atoms with E-state index in [1.165, 1.54) is 0 Å². The summed E-state index contributed by atoms with van der Waals surface area (Å²) in [6.07, 6.45) is 1.42. The van der Waals surface area contributed by atoms with E-state index in [1.54, 1.807) is 14.2 Å². The van der Waals surface area contributed by atoms with Crippen molar-refractivity contribution in [3.05, 3.63) is 40.7 Å². The number of carbonyl (C=O) groups excluding carboxylic acids is 1. The molecular weight excluding hydrogens is 394 g/mol. The van der Waals surface area contributed by atoms with Gasteiger partial charge in [-0.1, -0.05) is 11.6 Å². The Balaban J connectivity index is 1.59. The zero-order valence-electron chi connectivity index (χ0n) is 17.1. The molecule has 1 aliphatic rings. The minimum atomic E-state index is -0.428. The van der Waals surface area contributed by atoms with Gasteiger partial charge in [0.05, 0.1) is 18.2 Å². The van der Waals surface area contributed by atoms with Crippen LogP contribution in [0.4, 0.5) is 0 Å². The van der Waals surface area contributed by atoms with E-state index < -0.39 is 6.29 Å². The van der Waals surface area contributed by atoms with Crippen molar-refractivity contribution in [3.63, 3.8) is 0 Å². The van der Waals surface area contributed by atoms with Crippen LogP contribution in [0.3, 0.4) is 0 Å². The van der Waals surface area contributed by atoms with Crippen LogP contribution in [0.25, 0.3) is 11.5 Å². The molecule has 2 aromatic rings. The van der Waals surface area contributed by atoms with Crippen LogP contribution in [0.2, 0.25) is 5.02 Å². The number of piperidine rings is 1. The Hall–Kier alpha value is -1.93. The number of methoxy groups -OCH3 is 2. The summed E-state index contributed by atoms with van der Waals surface area (Å²) in [6, 6.07) is 7.43. The molecule has 1 fully saturated rings. The van der Waals surface area contributed by atoms with Gasteiger partial charge in [-0.3, -0.25) is 9.69 Å². The van der Waals surface area contributed by atoms with Crippen LogP contribution in [0.15, 0.2) is 28.7 Å². The maximum Gasteiger partial charge on any atom is 0.226 e. The van der Waals surface area contributed by atoms with Crippen LogP contribution in [0.5, 0.6) is 0 Å². The van der Waals surface area contributed by atoms with E-state index in [4.69, 9.17) is 25.5 Å². The fraction of sp³-hybridized carbons (Fsp3) is 0.524. The highest BCUT2D eigenvalue weighted by molar-refractivity contribution is 6.30. The summed E-state index contributed by atoms with van der Waals surface area (Å²) in [7, 11) is 3.11. The van der Waals surface area contributed by atoms with Gasteiger partial charge in [0.15, 0.2) is 6.29 Å². The van der Waals surface area contributed by atoms with E-state index in [9.17, 15) is 4.79 Å². The van der Waals surface area contributed by atoms with Crippen LogP contribution in [-0.2, 0) is 20.8 Å². The van der Waals surface area contributed by atoms with Gasteiger partial charge in [0, 0.05) is 37.9 Å². The topological polar surface area (TPSA) is 76.8 Å². The maximum atomic E-state index is 12.5. The molecule has 1 amide bonds. The van der Waals surface area contributed by atoms with Gasteiger partial charge in [0.2, 0.25) is 11.8 Å². The molecule has 1 aromatic carbocycles. The molecule has 7 nitrogen and oxygen atoms in total. The molecule has 0 spiro atoms. The van der Waals surface area contributed by atoms with Crippen molar-refractivity contribution in [1.29, 1.82) is 0 Å². The Morgan fingerprint density at radius 1 is 1.34 bits per heavy atom. The third-order valence-electron chi connectivity index (χ3n) is 5.20. The standard InChI is InChI=1S/C21H28ClN3O4/c1-14-18(24-21(29-14)15-6-8-17(22)9-7-15)13-25-10-4-5-16(12-25)20(26)23-11-19(27-2)28-3/h6-9,16,19H,4-5,10-13H2,1-3H3,(H,23,26)/t16-/m0/s1. The number of benzene rings is 1. The van der Waals surface area contributed by atoms with Gasteiger partial charge < -0.3 is 19.2 Å². The molecule has 3 rings (SSSR count). The molecule has 8 heteroatoms. The number of nitrogens with one attached hydrogen (secondary N) is 1. The van der Waals surface area contributed by atoms with Crippen molar-refractivity contribution >= 4 is 17.5 Å². The Morgan fingerprint density at radius 3 is 2.76 bits per heavy atom. The zero-order chi connectivity index (χ0) is 20.8. The summed E-state index contributed by atoms with van der Waals surface area (Å²) < 4.78 is 16.1. The Labute approximate surface area is 176 Å². The lowest BCUT2D eigenvalue weighted by atomic mass is 9.97. The number of halogens is 1. The highest BCUT2D eigenvalue weighted by atomic mass is 35.5. The van der Waals surface area contributed by atoms with Crippen LogP contribution in [0, 0.1) is 12.8 Å². The monoisotopic (exact) mass is 421 g/mol. The third-order valence-corrected chi connectivity index (χ3v) is 5.45. The molecule has 1 atom stereocenters. The lowest BCUT2D eigenvalue weighted by Gasteiger charge is -2.31. The SMILES string of the molecule is COC(CNC(=O)[C@H]1CCCN(Cc2nc(-c3ccc(Cl)cc3)oc2C)C1)OC. The van der Waals surface area contributed by atoms with Crippen molar-refractivity contribution in [3.8, 4) is 11.5 Å². The molecule has 0 saturated carbocycles. The number of rotatable bonds is 8. The van der Waals surface area contributed by atoms with E-state index in [0.29, 0.717) is 30.5 Å². The molecular formula is C21H28ClN3O4. The number of oxazole rings is 1. The van der Waals surface area contributed by atoms with Gasteiger partial charge in [-0.15, -0.1) is 0 Å². The smallest absolute Gasteiger partial charge is 0.226 e. The molecule has 29 heavy (non-hydrogen) atoms. The molecule has 158 valence electrons. The second kappa shape index (κ2) is 10.2. The highest BCUT2D eigenvalue weighted by Gasteiger charge is 2.27. The number of aromatic nitrogens is 1. The summed E-state index contributed by atoms with van der Waals surface area (Å²) >= 11 is 5.96. The Morgan fingerprint density at radius 2 is 2.07 bits per heavy atom. The van der Waals surface area contributed by atoms with Crippen molar-refractivity contribution < 1.29 is 18.7 Å². The molecule has 0 radical (unpaired) electrons. The summed E-state index contributed by atoms with van der Waals surface area (Å²) in [5, 5.41) is 3.60. The number of ether oxygens (including phenoxy) is 2. The number of aryl methyl sites for hydroxylation is 1. The van der Waals surface area contributed by atoms with Gasteiger partial charge in [-0.05, 0) is 50.6 Å². The van der Waals surface area contributed by atoms with E-state index in [-0.39, 0.29) is 11.8 Å². The lowest BCUT2D eigenvalue weighted by Crippen LogP contribution is -2.44. The molecule has 1 aliphatic heterocycles. The lowest BCUT2D eigenvalue weighted by molar-refractivity contribution is -0.132. The first kappa shape index (κ1) is 21.8. The molecule has 0 unspecified atom stereocenters. The van der Waals surface area contributed by atoms with Crippen molar-refractivity contribution in [2.45, 2.75) is 32.6 Å². The second-order valence-electron chi connectivity index (χ2n) is 7.25. The van der Waals surface area contributed by atoms with Gasteiger partial charge in [-0.2, -0.15) is 0 Å². The fourth-order valence-corrected chi connectivity index (χ4v) is 3.63. The van der Waals surface area contributed by atoms with Crippen LogP contribution in [0.1, 0.15) is 24.3 Å². The first-order chi connectivity index (χ1) is 14.0. The van der Waals surface area contributed by atoms with Gasteiger partial charge in [-0.25, -0.2) is 4.98 Å². The number of likely N-dealkylation sites (tertiary alicyclic amines) is 1. The number of hydrogen-bond donors (Lipinski definition) is 1.